The smallest absolute Gasteiger partial charge is 0.257 e. The Kier molecular flexibility index (Phi) is 6.41. The van der Waals surface area contributed by atoms with Crippen molar-refractivity contribution in [3.63, 3.8) is 0 Å². The molecule has 3 aromatic carbocycles. The van der Waals surface area contributed by atoms with Gasteiger partial charge in [-0.15, -0.1) is 6.58 Å². The standard InChI is InChI=1S/C27H19Cl2N5O2/c1-2-14-30-27(36)22-23-25(32-21-11-7-6-10-20(21)31-23)34(17-12-13-18(28)19(29)15-17)24(22)33-26(35)16-8-4-3-5-9-16/h2-13,15H,1,14H2,(H,30,36)(H,33,35). The second-order valence-corrected chi connectivity index (χ2v) is 8.68. The van der Waals surface area contributed by atoms with Gasteiger partial charge in [-0.05, 0) is 42.5 Å². The maximum absolute atomic E-state index is 13.4. The molecule has 0 atom stereocenters. The van der Waals surface area contributed by atoms with Crippen LogP contribution in [-0.2, 0) is 0 Å². The number of hydrogen-bond acceptors (Lipinski definition) is 4. The third kappa shape index (κ3) is 4.30. The van der Waals surface area contributed by atoms with Gasteiger partial charge < -0.3 is 10.6 Å². The maximum Gasteiger partial charge on any atom is 0.257 e. The van der Waals surface area contributed by atoms with E-state index in [0.717, 1.165) is 0 Å². The normalized spacial score (nSPS) is 10.9. The third-order valence-corrected chi connectivity index (χ3v) is 6.26. The number of nitrogens with zero attached hydrogens (tertiary/aromatic N) is 3. The molecule has 0 aliphatic carbocycles. The zero-order valence-corrected chi connectivity index (χ0v) is 20.3. The minimum absolute atomic E-state index is 0.167. The Morgan fingerprint density at radius 2 is 1.58 bits per heavy atom. The molecule has 0 fully saturated rings. The number of hydrogen-bond donors (Lipinski definition) is 2. The first-order valence-corrected chi connectivity index (χ1v) is 11.8. The predicted molar refractivity (Wildman–Crippen MR) is 143 cm³/mol. The van der Waals surface area contributed by atoms with Crippen LogP contribution in [0.5, 0.6) is 0 Å². The maximum atomic E-state index is 13.4. The molecule has 36 heavy (non-hydrogen) atoms. The fourth-order valence-corrected chi connectivity index (χ4v) is 4.17. The Morgan fingerprint density at radius 1 is 0.889 bits per heavy atom. The number of halogens is 2. The van der Waals surface area contributed by atoms with Crippen LogP contribution in [0, 0.1) is 0 Å². The number of rotatable bonds is 6. The molecule has 0 radical (unpaired) electrons. The van der Waals surface area contributed by atoms with Crippen molar-refractivity contribution in [1.82, 2.24) is 19.9 Å². The van der Waals surface area contributed by atoms with Gasteiger partial charge in [0.1, 0.15) is 16.9 Å². The zero-order valence-electron chi connectivity index (χ0n) is 18.8. The largest absolute Gasteiger partial charge is 0.348 e. The van der Waals surface area contributed by atoms with Gasteiger partial charge in [-0.25, -0.2) is 9.97 Å². The third-order valence-electron chi connectivity index (χ3n) is 5.52. The van der Waals surface area contributed by atoms with E-state index >= 15 is 0 Å². The van der Waals surface area contributed by atoms with E-state index < -0.39 is 11.8 Å². The number of nitrogens with one attached hydrogen (secondary N) is 2. The number of anilines is 1. The van der Waals surface area contributed by atoms with Gasteiger partial charge >= 0.3 is 0 Å². The minimum Gasteiger partial charge on any atom is -0.348 e. The molecular formula is C27H19Cl2N5O2. The van der Waals surface area contributed by atoms with Crippen LogP contribution in [0.4, 0.5) is 5.82 Å². The van der Waals surface area contributed by atoms with Gasteiger partial charge in [-0.2, -0.15) is 0 Å². The molecule has 2 N–H and O–H groups in total. The van der Waals surface area contributed by atoms with E-state index in [4.69, 9.17) is 33.2 Å². The summed E-state index contributed by atoms with van der Waals surface area (Å²) in [6.07, 6.45) is 1.57. The van der Waals surface area contributed by atoms with Crippen molar-refractivity contribution in [2.24, 2.45) is 0 Å². The molecule has 9 heteroatoms. The Hall–Kier alpha value is -4.20. The number of carbonyl (C=O) groups is 2. The molecule has 0 saturated heterocycles. The molecule has 0 aliphatic heterocycles. The van der Waals surface area contributed by atoms with Crippen LogP contribution in [0.15, 0.2) is 85.5 Å². The number of amides is 2. The second-order valence-electron chi connectivity index (χ2n) is 7.86. The molecule has 0 spiro atoms. The number of aromatic nitrogens is 3. The van der Waals surface area contributed by atoms with Crippen molar-refractivity contribution in [1.29, 1.82) is 0 Å². The summed E-state index contributed by atoms with van der Waals surface area (Å²) in [6, 6.07) is 21.1. The molecule has 2 amide bonds. The Balaban J connectivity index is 1.84. The van der Waals surface area contributed by atoms with Gasteiger partial charge in [0, 0.05) is 12.1 Å². The molecule has 178 valence electrons. The van der Waals surface area contributed by atoms with Crippen LogP contribution >= 0.6 is 23.2 Å². The van der Waals surface area contributed by atoms with Crippen molar-refractivity contribution in [2.75, 3.05) is 11.9 Å². The minimum atomic E-state index is -0.438. The summed E-state index contributed by atoms with van der Waals surface area (Å²) < 4.78 is 1.65. The van der Waals surface area contributed by atoms with Crippen molar-refractivity contribution in [3.05, 3.63) is 107 Å². The van der Waals surface area contributed by atoms with E-state index in [2.05, 4.69) is 17.2 Å². The van der Waals surface area contributed by atoms with Crippen LogP contribution in [0.25, 0.3) is 27.9 Å². The van der Waals surface area contributed by atoms with Crippen LogP contribution in [-0.4, -0.2) is 32.9 Å². The average Bonchev–Trinajstić information content (AvgIpc) is 3.20. The lowest BCUT2D eigenvalue weighted by Crippen LogP contribution is -2.25. The number of para-hydroxylation sites is 2. The van der Waals surface area contributed by atoms with E-state index in [1.54, 1.807) is 53.1 Å². The summed E-state index contributed by atoms with van der Waals surface area (Å²) in [5.74, 6) is -0.636. The van der Waals surface area contributed by atoms with Gasteiger partial charge in [0.2, 0.25) is 0 Å². The number of benzene rings is 3. The highest BCUT2D eigenvalue weighted by atomic mass is 35.5. The van der Waals surface area contributed by atoms with Crippen molar-refractivity contribution >= 4 is 63.0 Å². The lowest BCUT2D eigenvalue weighted by atomic mass is 10.2. The van der Waals surface area contributed by atoms with Crippen LogP contribution < -0.4 is 10.6 Å². The number of fused-ring (bicyclic) bond motifs is 2. The second kappa shape index (κ2) is 9.81. The molecule has 0 bridgehead atoms. The fourth-order valence-electron chi connectivity index (χ4n) is 3.88. The van der Waals surface area contributed by atoms with Crippen molar-refractivity contribution in [2.45, 2.75) is 0 Å². The van der Waals surface area contributed by atoms with E-state index in [-0.39, 0.29) is 17.9 Å². The van der Waals surface area contributed by atoms with Gasteiger partial charge in [0.05, 0.1) is 26.8 Å². The molecule has 0 aliphatic rings. The van der Waals surface area contributed by atoms with Gasteiger partial charge in [-0.3, -0.25) is 14.2 Å². The molecule has 0 unspecified atom stereocenters. The van der Waals surface area contributed by atoms with E-state index in [1.165, 1.54) is 0 Å². The summed E-state index contributed by atoms with van der Waals surface area (Å²) in [5, 5.41) is 6.38. The molecular weight excluding hydrogens is 497 g/mol. The molecule has 0 saturated carbocycles. The SMILES string of the molecule is C=CCNC(=O)c1c(NC(=O)c2ccccc2)n(-c2ccc(Cl)c(Cl)c2)c2nc3ccccc3nc12. The zero-order chi connectivity index (χ0) is 25.2. The highest BCUT2D eigenvalue weighted by Gasteiger charge is 2.28. The summed E-state index contributed by atoms with van der Waals surface area (Å²) >= 11 is 12.5. The van der Waals surface area contributed by atoms with Gasteiger partial charge in [-0.1, -0.05) is 59.6 Å². The molecule has 7 nitrogen and oxygen atoms in total. The summed E-state index contributed by atoms with van der Waals surface area (Å²) in [7, 11) is 0. The predicted octanol–water partition coefficient (Wildman–Crippen LogP) is 6.05. The number of carbonyl (C=O) groups excluding carboxylic acids is 2. The van der Waals surface area contributed by atoms with Crippen molar-refractivity contribution in [3.8, 4) is 5.69 Å². The Morgan fingerprint density at radius 3 is 2.28 bits per heavy atom. The molecule has 5 rings (SSSR count). The lowest BCUT2D eigenvalue weighted by molar-refractivity contribution is 0.0960. The highest BCUT2D eigenvalue weighted by Crippen LogP contribution is 2.35. The van der Waals surface area contributed by atoms with Crippen LogP contribution in [0.3, 0.4) is 0 Å². The molecule has 2 heterocycles. The monoisotopic (exact) mass is 515 g/mol. The highest BCUT2D eigenvalue weighted by molar-refractivity contribution is 6.42. The van der Waals surface area contributed by atoms with Gasteiger partial charge in [0.15, 0.2) is 5.65 Å². The first-order valence-electron chi connectivity index (χ1n) is 11.0. The van der Waals surface area contributed by atoms with E-state index in [0.29, 0.717) is 43.5 Å². The Bertz CT molecular complexity index is 1650. The fraction of sp³-hybridized carbons (Fsp3) is 0.0370. The lowest BCUT2D eigenvalue weighted by Gasteiger charge is -2.14. The average molecular weight is 516 g/mol. The topological polar surface area (TPSA) is 88.9 Å². The Labute approximate surface area is 216 Å². The van der Waals surface area contributed by atoms with Crippen LogP contribution in [0.1, 0.15) is 20.7 Å². The first kappa shape index (κ1) is 23.5. The summed E-state index contributed by atoms with van der Waals surface area (Å²) in [4.78, 5) is 36.2. The summed E-state index contributed by atoms with van der Waals surface area (Å²) in [6.45, 7) is 3.89. The first-order chi connectivity index (χ1) is 17.5. The molecule has 5 aromatic rings. The summed E-state index contributed by atoms with van der Waals surface area (Å²) in [5.41, 5.74) is 3.07. The molecule has 2 aromatic heterocycles. The van der Waals surface area contributed by atoms with Crippen molar-refractivity contribution < 1.29 is 9.59 Å². The van der Waals surface area contributed by atoms with E-state index in [9.17, 15) is 9.59 Å². The van der Waals surface area contributed by atoms with Crippen LogP contribution in [0.2, 0.25) is 10.0 Å². The quantitative estimate of drug-likeness (QED) is 0.269. The van der Waals surface area contributed by atoms with E-state index in [1.807, 2.05) is 30.3 Å². The van der Waals surface area contributed by atoms with Gasteiger partial charge in [0.25, 0.3) is 11.8 Å².